The van der Waals surface area contributed by atoms with Gasteiger partial charge in [0.05, 0.1) is 17.1 Å². The average Bonchev–Trinajstić information content (AvgIpc) is 3.21. The molecule has 6 nitrogen and oxygen atoms in total. The van der Waals surface area contributed by atoms with Crippen molar-refractivity contribution in [2.75, 3.05) is 10.7 Å². The van der Waals surface area contributed by atoms with Gasteiger partial charge >= 0.3 is 0 Å². The second-order valence-electron chi connectivity index (χ2n) is 7.20. The number of carbonyl (C=O) groups excluding carboxylic acids is 1. The molecule has 4 aromatic rings. The normalized spacial score (nSPS) is 16.3. The van der Waals surface area contributed by atoms with Gasteiger partial charge in [0.25, 0.3) is 0 Å². The zero-order valence-corrected chi connectivity index (χ0v) is 18.3. The molecular weight excluding hydrogens is 444 g/mol. The lowest BCUT2D eigenvalue weighted by atomic mass is 10.1. The van der Waals surface area contributed by atoms with E-state index in [9.17, 15) is 9.90 Å². The van der Waals surface area contributed by atoms with E-state index >= 15 is 0 Å². The summed E-state index contributed by atoms with van der Waals surface area (Å²) in [5, 5.41) is 20.0. The van der Waals surface area contributed by atoms with E-state index in [2.05, 4.69) is 15.2 Å². The van der Waals surface area contributed by atoms with Crippen LogP contribution in [0.5, 0.6) is 5.75 Å². The summed E-state index contributed by atoms with van der Waals surface area (Å²) in [6.45, 7) is 0. The molecule has 1 fully saturated rings. The van der Waals surface area contributed by atoms with Crippen molar-refractivity contribution in [3.63, 3.8) is 0 Å². The van der Waals surface area contributed by atoms with Gasteiger partial charge in [0.15, 0.2) is 0 Å². The molecule has 0 spiro atoms. The summed E-state index contributed by atoms with van der Waals surface area (Å²) in [5.74, 6) is 0.547. The van der Waals surface area contributed by atoms with Crippen LogP contribution < -0.4 is 4.90 Å². The lowest BCUT2D eigenvalue weighted by molar-refractivity contribution is -0.115. The fourth-order valence-electron chi connectivity index (χ4n) is 3.62. The molecule has 0 saturated carbocycles. The second kappa shape index (κ2) is 8.61. The Hall–Kier alpha value is -3.42. The van der Waals surface area contributed by atoms with Crippen LogP contribution in [0.4, 0.5) is 17.1 Å². The quantitative estimate of drug-likeness (QED) is 0.340. The van der Waals surface area contributed by atoms with Gasteiger partial charge in [-0.2, -0.15) is 5.11 Å². The van der Waals surface area contributed by atoms with Gasteiger partial charge in [0, 0.05) is 22.3 Å². The van der Waals surface area contributed by atoms with Crippen LogP contribution in [0.2, 0.25) is 5.02 Å². The summed E-state index contributed by atoms with van der Waals surface area (Å²) in [4.78, 5) is 18.7. The number of amides is 1. The van der Waals surface area contributed by atoms with Crippen LogP contribution in [0.15, 0.2) is 89.2 Å². The summed E-state index contributed by atoms with van der Waals surface area (Å²) in [6.07, 6.45) is 1.62. The van der Waals surface area contributed by atoms with Crippen molar-refractivity contribution in [1.29, 1.82) is 0 Å². The van der Waals surface area contributed by atoms with Gasteiger partial charge < -0.3 is 5.11 Å². The number of hydrogen-bond donors (Lipinski definition) is 1. The Balaban J connectivity index is 1.46. The molecule has 158 valence electrons. The highest BCUT2D eigenvalue weighted by Crippen LogP contribution is 2.42. The largest absolute Gasteiger partial charge is 0.506 e. The molecule has 1 aliphatic heterocycles. The lowest BCUT2D eigenvalue weighted by Crippen LogP contribution is -2.27. The fourth-order valence-corrected chi connectivity index (χ4v) is 4.93. The lowest BCUT2D eigenvalue weighted by Gasteiger charge is -2.24. The number of phenols is 1. The Morgan fingerprint density at radius 1 is 1.03 bits per heavy atom. The van der Waals surface area contributed by atoms with Gasteiger partial charge in [-0.25, -0.2) is 0 Å². The summed E-state index contributed by atoms with van der Waals surface area (Å²) < 4.78 is 0. The Bertz CT molecular complexity index is 1340. The van der Waals surface area contributed by atoms with E-state index in [0.717, 1.165) is 11.3 Å². The summed E-state index contributed by atoms with van der Waals surface area (Å²) in [7, 11) is 0. The van der Waals surface area contributed by atoms with Crippen LogP contribution >= 0.6 is 23.4 Å². The van der Waals surface area contributed by atoms with Gasteiger partial charge in [-0.3, -0.25) is 14.7 Å². The molecule has 1 atom stereocenters. The average molecular weight is 461 g/mol. The van der Waals surface area contributed by atoms with Crippen LogP contribution in [0, 0.1) is 0 Å². The van der Waals surface area contributed by atoms with Crippen LogP contribution in [-0.2, 0) is 4.79 Å². The van der Waals surface area contributed by atoms with Gasteiger partial charge in [-0.1, -0.05) is 29.8 Å². The highest BCUT2D eigenvalue weighted by Gasteiger charge is 2.34. The van der Waals surface area contributed by atoms with Crippen LogP contribution in [0.25, 0.3) is 10.9 Å². The van der Waals surface area contributed by atoms with Gasteiger partial charge in [-0.05, 0) is 60.2 Å². The first-order chi connectivity index (χ1) is 15.6. The third-order valence-electron chi connectivity index (χ3n) is 5.13. The van der Waals surface area contributed by atoms with E-state index in [-0.39, 0.29) is 17.0 Å². The highest BCUT2D eigenvalue weighted by atomic mass is 35.5. The minimum atomic E-state index is -0.126. The van der Waals surface area contributed by atoms with Crippen molar-refractivity contribution >= 4 is 57.2 Å². The number of halogens is 1. The van der Waals surface area contributed by atoms with Crippen LogP contribution in [0.1, 0.15) is 10.9 Å². The highest BCUT2D eigenvalue weighted by molar-refractivity contribution is 8.00. The van der Waals surface area contributed by atoms with Crippen molar-refractivity contribution < 1.29 is 9.90 Å². The maximum Gasteiger partial charge on any atom is 0.238 e. The van der Waals surface area contributed by atoms with Crippen LogP contribution in [-0.4, -0.2) is 21.8 Å². The first-order valence-electron chi connectivity index (χ1n) is 9.88. The Morgan fingerprint density at radius 2 is 1.88 bits per heavy atom. The number of hydrogen-bond acceptors (Lipinski definition) is 6. The maximum atomic E-state index is 12.7. The molecule has 5 rings (SSSR count). The first-order valence-corrected chi connectivity index (χ1v) is 11.3. The molecule has 3 aromatic carbocycles. The number of rotatable bonds is 4. The molecule has 1 unspecified atom stereocenters. The number of carbonyl (C=O) groups is 1. The number of aromatic hydroxyl groups is 1. The predicted molar refractivity (Wildman–Crippen MR) is 128 cm³/mol. The molecule has 8 heteroatoms. The summed E-state index contributed by atoms with van der Waals surface area (Å²) >= 11 is 7.60. The SMILES string of the molecule is O=C1CSC(c2ccc(Cl)cc2)N1c1cccc(N=Nc2ccc(O)c3ncccc23)c1. The topological polar surface area (TPSA) is 78.2 Å². The van der Waals surface area contributed by atoms with E-state index in [1.54, 1.807) is 41.1 Å². The molecule has 2 heterocycles. The number of fused-ring (bicyclic) bond motifs is 1. The van der Waals surface area contributed by atoms with Crippen molar-refractivity contribution in [2.24, 2.45) is 10.2 Å². The van der Waals surface area contributed by atoms with Crippen LogP contribution in [0.3, 0.4) is 0 Å². The predicted octanol–water partition coefficient (Wildman–Crippen LogP) is 6.79. The van der Waals surface area contributed by atoms with Crippen molar-refractivity contribution in [3.05, 3.63) is 89.6 Å². The molecule has 1 aromatic heterocycles. The summed E-state index contributed by atoms with van der Waals surface area (Å²) in [5.41, 5.74) is 3.47. The third kappa shape index (κ3) is 3.92. The summed E-state index contributed by atoms with van der Waals surface area (Å²) in [6, 6.07) is 21.9. The molecular formula is C24H17ClN4O2S. The second-order valence-corrected chi connectivity index (χ2v) is 8.71. The Labute approximate surface area is 193 Å². The number of azo groups is 1. The van der Waals surface area contributed by atoms with E-state index in [1.165, 1.54) is 0 Å². The smallest absolute Gasteiger partial charge is 0.238 e. The van der Waals surface area contributed by atoms with Crippen molar-refractivity contribution in [2.45, 2.75) is 5.37 Å². The maximum absolute atomic E-state index is 12.7. The number of pyridine rings is 1. The standard InChI is InChI=1S/C24H17ClN4O2S/c25-16-8-6-15(7-9-16)24-29(22(31)14-32-24)18-4-1-3-17(13-18)27-28-20-10-11-21(30)23-19(20)5-2-12-26-23/h1-13,24,30H,14H2. The van der Waals surface area contributed by atoms with Gasteiger partial charge in [0.2, 0.25) is 5.91 Å². The number of phenolic OH excluding ortho intramolecular Hbond substituents is 1. The molecule has 0 bridgehead atoms. The van der Waals surface area contributed by atoms with E-state index in [1.807, 2.05) is 54.6 Å². The fraction of sp³-hybridized carbons (Fsp3) is 0.0833. The molecule has 0 aliphatic carbocycles. The van der Waals surface area contributed by atoms with E-state index < -0.39 is 0 Å². The van der Waals surface area contributed by atoms with Crippen molar-refractivity contribution in [1.82, 2.24) is 4.98 Å². The Kier molecular flexibility index (Phi) is 5.51. The number of aromatic nitrogens is 1. The number of nitrogens with zero attached hydrogens (tertiary/aromatic N) is 4. The minimum Gasteiger partial charge on any atom is -0.506 e. The molecule has 1 amide bonds. The van der Waals surface area contributed by atoms with Crippen molar-refractivity contribution in [3.8, 4) is 5.75 Å². The minimum absolute atomic E-state index is 0.0413. The third-order valence-corrected chi connectivity index (χ3v) is 6.59. The molecule has 0 radical (unpaired) electrons. The molecule has 1 aliphatic rings. The number of anilines is 1. The first kappa shape index (κ1) is 20.5. The number of benzene rings is 3. The van der Waals surface area contributed by atoms with E-state index in [0.29, 0.717) is 33.1 Å². The molecule has 32 heavy (non-hydrogen) atoms. The van der Waals surface area contributed by atoms with Gasteiger partial charge in [0.1, 0.15) is 16.6 Å². The molecule has 1 saturated heterocycles. The Morgan fingerprint density at radius 3 is 2.72 bits per heavy atom. The van der Waals surface area contributed by atoms with Gasteiger partial charge in [-0.15, -0.1) is 16.9 Å². The zero-order valence-electron chi connectivity index (χ0n) is 16.7. The molecule has 1 N–H and O–H groups in total. The van der Waals surface area contributed by atoms with E-state index in [4.69, 9.17) is 11.6 Å². The zero-order chi connectivity index (χ0) is 22.1. The monoisotopic (exact) mass is 460 g/mol. The number of thioether (sulfide) groups is 1.